The summed E-state index contributed by atoms with van der Waals surface area (Å²) in [5, 5.41) is 8.96. The Bertz CT molecular complexity index is 450. The molecular weight excluding hydrogens is 256 g/mol. The maximum atomic E-state index is 10.9. The third kappa shape index (κ3) is 4.28. The van der Waals surface area contributed by atoms with Crippen molar-refractivity contribution in [3.63, 3.8) is 0 Å². The number of hydrogen-bond donors (Lipinski definition) is 1. The number of rotatable bonds is 6. The fourth-order valence-corrected chi connectivity index (χ4v) is 2.49. The van der Waals surface area contributed by atoms with Crippen LogP contribution in [0.15, 0.2) is 18.2 Å². The molecule has 1 unspecified atom stereocenters. The van der Waals surface area contributed by atoms with Gasteiger partial charge in [-0.2, -0.15) is 0 Å². The molecule has 1 saturated heterocycles. The first-order valence-electron chi connectivity index (χ1n) is 7.22. The summed E-state index contributed by atoms with van der Waals surface area (Å²) in [6.45, 7) is 5.53. The van der Waals surface area contributed by atoms with Crippen LogP contribution in [0.3, 0.4) is 0 Å². The Morgan fingerprint density at radius 2 is 2.40 bits per heavy atom. The van der Waals surface area contributed by atoms with Crippen LogP contribution in [0.25, 0.3) is 0 Å². The van der Waals surface area contributed by atoms with Crippen molar-refractivity contribution >= 4 is 5.97 Å². The number of likely N-dealkylation sites (tertiary alicyclic amines) is 1. The maximum Gasteiger partial charge on any atom is 0.354 e. The van der Waals surface area contributed by atoms with Gasteiger partial charge >= 0.3 is 5.97 Å². The van der Waals surface area contributed by atoms with Gasteiger partial charge in [0.15, 0.2) is 0 Å². The number of aromatic carboxylic acids is 1. The van der Waals surface area contributed by atoms with Crippen LogP contribution in [0.2, 0.25) is 0 Å². The SMILES string of the molecule is CCCOC1CCCN(Cc2cccc(C(=O)O)n2)C1. The van der Waals surface area contributed by atoms with Crippen molar-refractivity contribution in [2.75, 3.05) is 19.7 Å². The second-order valence-electron chi connectivity index (χ2n) is 5.19. The number of ether oxygens (including phenoxy) is 1. The lowest BCUT2D eigenvalue weighted by molar-refractivity contribution is -0.00255. The lowest BCUT2D eigenvalue weighted by Gasteiger charge is -2.32. The van der Waals surface area contributed by atoms with Gasteiger partial charge in [-0.3, -0.25) is 4.90 Å². The molecule has 0 aliphatic carbocycles. The van der Waals surface area contributed by atoms with Crippen LogP contribution in [0, 0.1) is 0 Å². The lowest BCUT2D eigenvalue weighted by Crippen LogP contribution is -2.39. The summed E-state index contributed by atoms with van der Waals surface area (Å²) in [5.41, 5.74) is 0.916. The maximum absolute atomic E-state index is 10.9. The Morgan fingerprint density at radius 1 is 1.55 bits per heavy atom. The Hall–Kier alpha value is -1.46. The van der Waals surface area contributed by atoms with Crippen molar-refractivity contribution in [3.8, 4) is 0 Å². The zero-order chi connectivity index (χ0) is 14.4. The average Bonchev–Trinajstić information content (AvgIpc) is 2.46. The average molecular weight is 278 g/mol. The molecule has 5 nitrogen and oxygen atoms in total. The van der Waals surface area contributed by atoms with E-state index in [0.29, 0.717) is 12.6 Å². The third-order valence-corrected chi connectivity index (χ3v) is 3.43. The first kappa shape index (κ1) is 14.9. The van der Waals surface area contributed by atoms with E-state index in [1.54, 1.807) is 6.07 Å². The van der Waals surface area contributed by atoms with E-state index in [4.69, 9.17) is 9.84 Å². The van der Waals surface area contributed by atoms with Gasteiger partial charge in [0.25, 0.3) is 0 Å². The molecule has 0 bridgehead atoms. The molecule has 5 heteroatoms. The minimum Gasteiger partial charge on any atom is -0.477 e. The minimum atomic E-state index is -0.977. The smallest absolute Gasteiger partial charge is 0.354 e. The largest absolute Gasteiger partial charge is 0.477 e. The number of pyridine rings is 1. The molecule has 1 N–H and O–H groups in total. The van der Waals surface area contributed by atoms with Crippen LogP contribution >= 0.6 is 0 Å². The highest BCUT2D eigenvalue weighted by atomic mass is 16.5. The second-order valence-corrected chi connectivity index (χ2v) is 5.19. The van der Waals surface area contributed by atoms with E-state index < -0.39 is 5.97 Å². The van der Waals surface area contributed by atoms with Gasteiger partial charge < -0.3 is 9.84 Å². The number of carboxylic acid groups (broad SMARTS) is 1. The van der Waals surface area contributed by atoms with Crippen molar-refractivity contribution in [3.05, 3.63) is 29.6 Å². The highest BCUT2D eigenvalue weighted by Crippen LogP contribution is 2.15. The van der Waals surface area contributed by atoms with Crippen molar-refractivity contribution in [1.82, 2.24) is 9.88 Å². The van der Waals surface area contributed by atoms with E-state index in [1.807, 2.05) is 6.07 Å². The fourth-order valence-electron chi connectivity index (χ4n) is 2.49. The van der Waals surface area contributed by atoms with E-state index in [-0.39, 0.29) is 5.69 Å². The molecule has 20 heavy (non-hydrogen) atoms. The van der Waals surface area contributed by atoms with E-state index in [0.717, 1.165) is 44.7 Å². The summed E-state index contributed by atoms with van der Waals surface area (Å²) in [7, 11) is 0. The zero-order valence-electron chi connectivity index (χ0n) is 11.9. The molecule has 1 atom stereocenters. The van der Waals surface area contributed by atoms with Crippen LogP contribution < -0.4 is 0 Å². The molecular formula is C15H22N2O3. The minimum absolute atomic E-state index is 0.110. The predicted octanol–water partition coefficient (Wildman–Crippen LogP) is 2.17. The normalized spacial score (nSPS) is 19.9. The van der Waals surface area contributed by atoms with E-state index >= 15 is 0 Å². The van der Waals surface area contributed by atoms with Gasteiger partial charge in [0.05, 0.1) is 11.8 Å². The third-order valence-electron chi connectivity index (χ3n) is 3.43. The van der Waals surface area contributed by atoms with Gasteiger partial charge in [0.2, 0.25) is 0 Å². The molecule has 0 radical (unpaired) electrons. The van der Waals surface area contributed by atoms with Gasteiger partial charge in [0, 0.05) is 19.7 Å². The van der Waals surface area contributed by atoms with E-state index in [1.165, 1.54) is 6.07 Å². The summed E-state index contributed by atoms with van der Waals surface area (Å²) in [5.74, 6) is -0.977. The summed E-state index contributed by atoms with van der Waals surface area (Å²) in [6, 6.07) is 5.15. The first-order chi connectivity index (χ1) is 9.69. The van der Waals surface area contributed by atoms with E-state index in [2.05, 4.69) is 16.8 Å². The lowest BCUT2D eigenvalue weighted by atomic mass is 10.1. The summed E-state index contributed by atoms with van der Waals surface area (Å²) < 4.78 is 5.81. The standard InChI is InChI=1S/C15H22N2O3/c1-2-9-20-13-6-4-8-17(11-13)10-12-5-3-7-14(16-12)15(18)19/h3,5,7,13H,2,4,6,8-11H2,1H3,(H,18,19). The molecule has 0 amide bonds. The Labute approximate surface area is 119 Å². The molecule has 1 fully saturated rings. The number of carbonyl (C=O) groups is 1. The summed E-state index contributed by atoms with van der Waals surface area (Å²) in [6.07, 6.45) is 3.57. The van der Waals surface area contributed by atoms with Crippen molar-refractivity contribution in [1.29, 1.82) is 0 Å². The van der Waals surface area contributed by atoms with Gasteiger partial charge in [0.1, 0.15) is 5.69 Å². The number of piperidine rings is 1. The second kappa shape index (κ2) is 7.36. The quantitative estimate of drug-likeness (QED) is 0.864. The van der Waals surface area contributed by atoms with Crippen LogP contribution in [-0.4, -0.2) is 46.8 Å². The first-order valence-corrected chi connectivity index (χ1v) is 7.22. The molecule has 0 saturated carbocycles. The highest BCUT2D eigenvalue weighted by molar-refractivity contribution is 5.85. The zero-order valence-corrected chi connectivity index (χ0v) is 11.9. The monoisotopic (exact) mass is 278 g/mol. The van der Waals surface area contributed by atoms with Crippen molar-refractivity contribution < 1.29 is 14.6 Å². The Kier molecular flexibility index (Phi) is 5.49. The van der Waals surface area contributed by atoms with Crippen molar-refractivity contribution in [2.45, 2.75) is 38.8 Å². The summed E-state index contributed by atoms with van der Waals surface area (Å²) in [4.78, 5) is 17.4. The van der Waals surface area contributed by atoms with E-state index in [9.17, 15) is 4.79 Å². The summed E-state index contributed by atoms with van der Waals surface area (Å²) >= 11 is 0. The van der Waals surface area contributed by atoms with Gasteiger partial charge in [-0.25, -0.2) is 9.78 Å². The number of hydrogen-bond acceptors (Lipinski definition) is 4. The van der Waals surface area contributed by atoms with Gasteiger partial charge in [-0.05, 0) is 37.9 Å². The Morgan fingerprint density at radius 3 is 3.15 bits per heavy atom. The number of carboxylic acids is 1. The Balaban J connectivity index is 1.92. The topological polar surface area (TPSA) is 62.7 Å². The van der Waals surface area contributed by atoms with Crippen molar-refractivity contribution in [2.24, 2.45) is 0 Å². The van der Waals surface area contributed by atoms with Crippen LogP contribution in [0.4, 0.5) is 0 Å². The molecule has 1 aliphatic heterocycles. The molecule has 110 valence electrons. The molecule has 0 aromatic carbocycles. The van der Waals surface area contributed by atoms with Crippen LogP contribution in [0.5, 0.6) is 0 Å². The molecule has 2 rings (SSSR count). The highest BCUT2D eigenvalue weighted by Gasteiger charge is 2.20. The fraction of sp³-hybridized carbons (Fsp3) is 0.600. The molecule has 2 heterocycles. The van der Waals surface area contributed by atoms with Gasteiger partial charge in [-0.15, -0.1) is 0 Å². The molecule has 1 aromatic rings. The van der Waals surface area contributed by atoms with Crippen LogP contribution in [0.1, 0.15) is 42.4 Å². The number of nitrogens with zero attached hydrogens (tertiary/aromatic N) is 2. The van der Waals surface area contributed by atoms with Crippen LogP contribution in [-0.2, 0) is 11.3 Å². The van der Waals surface area contributed by atoms with Gasteiger partial charge in [-0.1, -0.05) is 13.0 Å². The molecule has 1 aromatic heterocycles. The molecule has 0 spiro atoms. The number of aromatic nitrogens is 1. The predicted molar refractivity (Wildman–Crippen MR) is 75.7 cm³/mol. The molecule has 1 aliphatic rings.